The van der Waals surface area contributed by atoms with Gasteiger partial charge in [0.05, 0.1) is 5.54 Å². The number of hydrogen-bond acceptors (Lipinski definition) is 1. The fourth-order valence-corrected chi connectivity index (χ4v) is 5.19. The van der Waals surface area contributed by atoms with Crippen LogP contribution in [-0.2, 0) is 0 Å². The maximum absolute atomic E-state index is 3.97. The van der Waals surface area contributed by atoms with Gasteiger partial charge in [-0.05, 0) is 67.2 Å². The average Bonchev–Trinajstić information content (AvgIpc) is 2.47. The first-order valence-electron chi connectivity index (χ1n) is 8.18. The second kappa shape index (κ2) is 3.78. The molecule has 1 N–H and O–H groups in total. The van der Waals surface area contributed by atoms with Crippen molar-refractivity contribution < 1.29 is 0 Å². The van der Waals surface area contributed by atoms with E-state index in [2.05, 4.69) is 35.7 Å². The summed E-state index contributed by atoms with van der Waals surface area (Å²) in [6.45, 7) is 0. The van der Waals surface area contributed by atoms with Crippen LogP contribution in [0, 0.1) is 5.92 Å². The summed E-state index contributed by atoms with van der Waals surface area (Å²) in [5, 5.41) is 3.97. The maximum atomic E-state index is 3.97. The lowest BCUT2D eigenvalue weighted by molar-refractivity contribution is 0.297. The molecule has 1 aromatic carbocycles. The third-order valence-corrected chi connectivity index (χ3v) is 5.83. The molecule has 0 radical (unpaired) electrons. The second-order valence-corrected chi connectivity index (χ2v) is 7.01. The molecule has 0 amide bonds. The molecule has 0 aromatic heterocycles. The van der Waals surface area contributed by atoms with Crippen LogP contribution >= 0.6 is 0 Å². The van der Waals surface area contributed by atoms with Gasteiger partial charge in [-0.1, -0.05) is 30.7 Å². The smallest absolute Gasteiger partial charge is 0.0636 e. The van der Waals surface area contributed by atoms with Crippen LogP contribution in [0.4, 0.5) is 5.69 Å². The van der Waals surface area contributed by atoms with Gasteiger partial charge in [0, 0.05) is 11.3 Å². The van der Waals surface area contributed by atoms with Crippen molar-refractivity contribution >= 4 is 11.3 Å². The predicted octanol–water partition coefficient (Wildman–Crippen LogP) is 4.92. The lowest BCUT2D eigenvalue weighted by Gasteiger charge is -2.52. The summed E-state index contributed by atoms with van der Waals surface area (Å²) in [6, 6.07) is 8.97. The van der Waals surface area contributed by atoms with E-state index in [-0.39, 0.29) is 5.54 Å². The molecule has 1 heteroatoms. The molecule has 102 valence electrons. The van der Waals surface area contributed by atoms with E-state index in [9.17, 15) is 0 Å². The quantitative estimate of drug-likeness (QED) is 0.700. The number of allylic oxidation sites excluding steroid dienone is 2. The van der Waals surface area contributed by atoms with E-state index < -0.39 is 0 Å². The van der Waals surface area contributed by atoms with E-state index in [0.717, 1.165) is 5.92 Å². The van der Waals surface area contributed by atoms with Gasteiger partial charge in [-0.25, -0.2) is 0 Å². The van der Waals surface area contributed by atoms with Gasteiger partial charge in [0.1, 0.15) is 0 Å². The second-order valence-electron chi connectivity index (χ2n) is 7.01. The van der Waals surface area contributed by atoms with E-state index in [0.29, 0.717) is 0 Å². The Kier molecular flexibility index (Phi) is 2.12. The van der Waals surface area contributed by atoms with Crippen LogP contribution < -0.4 is 5.32 Å². The highest BCUT2D eigenvalue weighted by molar-refractivity contribution is 5.87. The Hall–Kier alpha value is -1.50. The van der Waals surface area contributed by atoms with Crippen molar-refractivity contribution in [3.05, 3.63) is 47.1 Å². The SMILES string of the molecule is C1=C2CCCC3=C2C2(CCCC1C2)Nc1ccccc13. The van der Waals surface area contributed by atoms with E-state index in [1.54, 1.807) is 16.7 Å². The number of hydrogen-bond donors (Lipinski definition) is 1. The molecule has 5 rings (SSSR count). The summed E-state index contributed by atoms with van der Waals surface area (Å²) >= 11 is 0. The van der Waals surface area contributed by atoms with Gasteiger partial charge >= 0.3 is 0 Å². The van der Waals surface area contributed by atoms with Crippen molar-refractivity contribution in [3.8, 4) is 0 Å². The van der Waals surface area contributed by atoms with E-state index >= 15 is 0 Å². The van der Waals surface area contributed by atoms with E-state index in [1.165, 1.54) is 56.2 Å². The highest BCUT2D eigenvalue weighted by atomic mass is 15.0. The summed E-state index contributed by atoms with van der Waals surface area (Å²) in [5.74, 6) is 0.819. The molecule has 2 atom stereocenters. The summed E-state index contributed by atoms with van der Waals surface area (Å²) in [4.78, 5) is 0. The lowest BCUT2D eigenvalue weighted by atomic mass is 9.60. The van der Waals surface area contributed by atoms with Crippen LogP contribution in [0.3, 0.4) is 0 Å². The number of benzene rings is 1. The highest BCUT2D eigenvalue weighted by Gasteiger charge is 2.47. The summed E-state index contributed by atoms with van der Waals surface area (Å²) < 4.78 is 0. The maximum Gasteiger partial charge on any atom is 0.0636 e. The van der Waals surface area contributed by atoms with Crippen LogP contribution in [0.25, 0.3) is 5.57 Å². The number of anilines is 1. The number of para-hydroxylation sites is 1. The number of nitrogens with one attached hydrogen (secondary N) is 1. The fourth-order valence-electron chi connectivity index (χ4n) is 5.19. The Morgan fingerprint density at radius 2 is 2.05 bits per heavy atom. The van der Waals surface area contributed by atoms with Gasteiger partial charge in [0.2, 0.25) is 0 Å². The van der Waals surface area contributed by atoms with Crippen LogP contribution in [0.1, 0.15) is 50.5 Å². The molecular weight excluding hydrogens is 242 g/mol. The zero-order chi connectivity index (χ0) is 13.2. The third-order valence-electron chi connectivity index (χ3n) is 5.83. The Bertz CT molecular complexity index is 651. The average molecular weight is 263 g/mol. The Labute approximate surface area is 120 Å². The van der Waals surface area contributed by atoms with Crippen molar-refractivity contribution in [2.45, 2.75) is 50.5 Å². The minimum atomic E-state index is 0.275. The molecule has 1 aromatic rings. The molecule has 1 fully saturated rings. The van der Waals surface area contributed by atoms with Gasteiger partial charge in [0.15, 0.2) is 0 Å². The van der Waals surface area contributed by atoms with Crippen molar-refractivity contribution in [2.75, 3.05) is 5.32 Å². The Balaban J connectivity index is 1.82. The zero-order valence-electron chi connectivity index (χ0n) is 11.9. The minimum Gasteiger partial charge on any atom is -0.375 e. The fraction of sp³-hybridized carbons (Fsp3) is 0.474. The lowest BCUT2D eigenvalue weighted by Crippen LogP contribution is -2.50. The zero-order valence-corrected chi connectivity index (χ0v) is 11.9. The van der Waals surface area contributed by atoms with Gasteiger partial charge in [-0.2, -0.15) is 0 Å². The molecule has 0 saturated heterocycles. The Morgan fingerprint density at radius 1 is 1.10 bits per heavy atom. The first-order valence-corrected chi connectivity index (χ1v) is 8.18. The molecule has 4 aliphatic rings. The monoisotopic (exact) mass is 263 g/mol. The van der Waals surface area contributed by atoms with Crippen molar-refractivity contribution in [3.63, 3.8) is 0 Å². The van der Waals surface area contributed by atoms with Gasteiger partial charge < -0.3 is 5.32 Å². The van der Waals surface area contributed by atoms with Crippen molar-refractivity contribution in [2.24, 2.45) is 5.92 Å². The van der Waals surface area contributed by atoms with Crippen molar-refractivity contribution in [1.29, 1.82) is 0 Å². The molecule has 1 spiro atoms. The normalized spacial score (nSPS) is 33.8. The van der Waals surface area contributed by atoms with E-state index in [4.69, 9.17) is 0 Å². The van der Waals surface area contributed by atoms with Crippen LogP contribution in [0.5, 0.6) is 0 Å². The molecule has 1 heterocycles. The van der Waals surface area contributed by atoms with Crippen LogP contribution in [0.15, 0.2) is 41.5 Å². The molecule has 1 saturated carbocycles. The van der Waals surface area contributed by atoms with Crippen LogP contribution in [0.2, 0.25) is 0 Å². The highest BCUT2D eigenvalue weighted by Crippen LogP contribution is 2.56. The summed E-state index contributed by atoms with van der Waals surface area (Å²) in [6.07, 6.45) is 12.0. The molecular formula is C19H21N. The summed E-state index contributed by atoms with van der Waals surface area (Å²) in [5.41, 5.74) is 8.19. The number of fused-ring (bicyclic) bond motifs is 3. The molecule has 20 heavy (non-hydrogen) atoms. The minimum absolute atomic E-state index is 0.275. The van der Waals surface area contributed by atoms with Gasteiger partial charge in [-0.3, -0.25) is 0 Å². The van der Waals surface area contributed by atoms with Gasteiger partial charge in [-0.15, -0.1) is 0 Å². The van der Waals surface area contributed by atoms with Crippen molar-refractivity contribution in [1.82, 2.24) is 0 Å². The first kappa shape index (κ1) is 11.2. The topological polar surface area (TPSA) is 12.0 Å². The molecule has 1 nitrogen and oxygen atoms in total. The predicted molar refractivity (Wildman–Crippen MR) is 83.6 cm³/mol. The molecule has 3 aliphatic carbocycles. The molecule has 2 bridgehead atoms. The first-order chi connectivity index (χ1) is 9.86. The Morgan fingerprint density at radius 3 is 3.05 bits per heavy atom. The molecule has 2 unspecified atom stereocenters. The third kappa shape index (κ3) is 1.33. The molecule has 1 aliphatic heterocycles. The number of rotatable bonds is 0. The standard InChI is InChI=1S/C19H21N/c1-2-9-17-15(7-1)16-8-3-6-14-11-13-5-4-10-19(12-13,20-17)18(14)16/h1-2,7,9,11,13,20H,3-6,8,10,12H2. The summed E-state index contributed by atoms with van der Waals surface area (Å²) in [7, 11) is 0. The van der Waals surface area contributed by atoms with E-state index in [1.807, 2.05) is 0 Å². The van der Waals surface area contributed by atoms with Gasteiger partial charge in [0.25, 0.3) is 0 Å². The largest absolute Gasteiger partial charge is 0.375 e. The van der Waals surface area contributed by atoms with Crippen LogP contribution in [-0.4, -0.2) is 5.54 Å².